The highest BCUT2D eigenvalue weighted by Crippen LogP contribution is 2.23. The van der Waals surface area contributed by atoms with Gasteiger partial charge in [-0.05, 0) is 52.9 Å². The predicted octanol–water partition coefficient (Wildman–Crippen LogP) is 2.84. The summed E-state index contributed by atoms with van der Waals surface area (Å²) in [5, 5.41) is 9.13. The molecule has 1 saturated heterocycles. The molecule has 0 bridgehead atoms. The van der Waals surface area contributed by atoms with Gasteiger partial charge in [-0.2, -0.15) is 0 Å². The predicted molar refractivity (Wildman–Crippen MR) is 79.3 cm³/mol. The lowest BCUT2D eigenvalue weighted by Gasteiger charge is -2.25. The van der Waals surface area contributed by atoms with Crippen LogP contribution in [0, 0.1) is 11.7 Å². The Labute approximate surface area is 131 Å². The number of hydrogen-bond acceptors (Lipinski definition) is 2. The molecule has 0 saturated carbocycles. The zero-order chi connectivity index (χ0) is 15.6. The van der Waals surface area contributed by atoms with Crippen LogP contribution >= 0.6 is 15.9 Å². The van der Waals surface area contributed by atoms with Crippen LogP contribution in [0.3, 0.4) is 0 Å². The van der Waals surface area contributed by atoms with Gasteiger partial charge in [0.15, 0.2) is 0 Å². The van der Waals surface area contributed by atoms with Gasteiger partial charge in [-0.25, -0.2) is 9.18 Å². The van der Waals surface area contributed by atoms with Crippen LogP contribution in [0.15, 0.2) is 22.7 Å². The number of amides is 1. The van der Waals surface area contributed by atoms with Crippen molar-refractivity contribution in [3.8, 4) is 0 Å². The number of hydrogen-bond donors (Lipinski definition) is 1. The molecule has 6 heteroatoms. The normalized spacial score (nSPS) is 19.6. The summed E-state index contributed by atoms with van der Waals surface area (Å²) in [7, 11) is 0. The van der Waals surface area contributed by atoms with E-state index in [-0.39, 0.29) is 17.6 Å². The summed E-state index contributed by atoms with van der Waals surface area (Å²) in [4.78, 5) is 25.0. The fraction of sp³-hybridized carbons (Fsp3) is 0.467. The highest BCUT2D eigenvalue weighted by atomic mass is 79.9. The third-order valence-corrected chi connectivity index (χ3v) is 4.38. The molecule has 1 aliphatic rings. The molecule has 21 heavy (non-hydrogen) atoms. The molecular weight excluding hydrogens is 341 g/mol. The molecular formula is C15H17BrFNO3. The van der Waals surface area contributed by atoms with E-state index in [2.05, 4.69) is 15.9 Å². The Bertz CT molecular complexity index is 564. The summed E-state index contributed by atoms with van der Waals surface area (Å²) in [5.41, 5.74) is 0.843. The van der Waals surface area contributed by atoms with Gasteiger partial charge in [-0.3, -0.25) is 4.79 Å². The lowest BCUT2D eigenvalue weighted by molar-refractivity contribution is -0.149. The molecule has 1 aromatic rings. The molecule has 1 amide bonds. The number of carboxylic acid groups (broad SMARTS) is 1. The number of rotatable bonds is 4. The first-order valence-corrected chi connectivity index (χ1v) is 7.66. The van der Waals surface area contributed by atoms with Gasteiger partial charge in [-0.1, -0.05) is 13.0 Å². The fourth-order valence-corrected chi connectivity index (χ4v) is 3.10. The highest BCUT2D eigenvalue weighted by Gasteiger charge is 2.35. The van der Waals surface area contributed by atoms with E-state index in [1.807, 2.05) is 0 Å². The molecule has 0 radical (unpaired) electrons. The highest BCUT2D eigenvalue weighted by molar-refractivity contribution is 9.10. The molecule has 4 nitrogen and oxygen atoms in total. The quantitative estimate of drug-likeness (QED) is 0.901. The monoisotopic (exact) mass is 357 g/mol. The number of likely N-dealkylation sites (tertiary alicyclic amines) is 1. The molecule has 1 aliphatic heterocycles. The van der Waals surface area contributed by atoms with Crippen LogP contribution in [-0.4, -0.2) is 34.5 Å². The van der Waals surface area contributed by atoms with Crippen LogP contribution in [0.1, 0.15) is 25.3 Å². The third kappa shape index (κ3) is 3.61. The summed E-state index contributed by atoms with van der Waals surface area (Å²) < 4.78 is 13.6. The molecule has 1 aromatic carbocycles. The van der Waals surface area contributed by atoms with Crippen LogP contribution in [0.4, 0.5) is 4.39 Å². The Hall–Kier alpha value is -1.43. The SMILES string of the molecule is CC(Cc1ccc(F)c(Br)c1)C(=O)N1CCC[C@@H]1C(=O)O. The molecule has 1 unspecified atom stereocenters. The molecule has 0 spiro atoms. The minimum absolute atomic E-state index is 0.152. The lowest BCUT2D eigenvalue weighted by Crippen LogP contribution is -2.43. The van der Waals surface area contributed by atoms with E-state index in [9.17, 15) is 14.0 Å². The summed E-state index contributed by atoms with van der Waals surface area (Å²) >= 11 is 3.12. The van der Waals surface area contributed by atoms with Crippen LogP contribution in [0.2, 0.25) is 0 Å². The summed E-state index contributed by atoms with van der Waals surface area (Å²) in [6.07, 6.45) is 1.69. The number of halogens is 2. The summed E-state index contributed by atoms with van der Waals surface area (Å²) in [6.45, 7) is 2.27. The van der Waals surface area contributed by atoms with Gasteiger partial charge >= 0.3 is 5.97 Å². The van der Waals surface area contributed by atoms with Crippen LogP contribution in [0.25, 0.3) is 0 Å². The van der Waals surface area contributed by atoms with Crippen molar-refractivity contribution in [2.24, 2.45) is 5.92 Å². The van der Waals surface area contributed by atoms with Gasteiger partial charge in [-0.15, -0.1) is 0 Å². The van der Waals surface area contributed by atoms with Crippen molar-refractivity contribution in [3.05, 3.63) is 34.1 Å². The fourth-order valence-electron chi connectivity index (χ4n) is 2.68. The third-order valence-electron chi connectivity index (χ3n) is 3.77. The molecule has 2 atom stereocenters. The topological polar surface area (TPSA) is 57.6 Å². The van der Waals surface area contributed by atoms with E-state index in [0.717, 1.165) is 12.0 Å². The van der Waals surface area contributed by atoms with Crippen molar-refractivity contribution in [2.75, 3.05) is 6.54 Å². The zero-order valence-corrected chi connectivity index (χ0v) is 13.3. The average molecular weight is 358 g/mol. The Morgan fingerprint density at radius 2 is 2.24 bits per heavy atom. The number of carbonyl (C=O) groups excluding carboxylic acids is 1. The smallest absolute Gasteiger partial charge is 0.326 e. The maximum atomic E-state index is 13.2. The Morgan fingerprint density at radius 1 is 1.52 bits per heavy atom. The molecule has 1 N–H and O–H groups in total. The van der Waals surface area contributed by atoms with E-state index in [1.54, 1.807) is 19.1 Å². The maximum Gasteiger partial charge on any atom is 0.326 e. The van der Waals surface area contributed by atoms with Crippen molar-refractivity contribution < 1.29 is 19.1 Å². The van der Waals surface area contributed by atoms with Gasteiger partial charge in [0.05, 0.1) is 4.47 Å². The number of nitrogens with zero attached hydrogens (tertiary/aromatic N) is 1. The van der Waals surface area contributed by atoms with Gasteiger partial charge < -0.3 is 10.0 Å². The minimum Gasteiger partial charge on any atom is -0.480 e. The first-order chi connectivity index (χ1) is 9.90. The van der Waals surface area contributed by atoms with Crippen LogP contribution < -0.4 is 0 Å². The zero-order valence-electron chi connectivity index (χ0n) is 11.7. The van der Waals surface area contributed by atoms with Crippen molar-refractivity contribution >= 4 is 27.8 Å². The minimum atomic E-state index is -0.947. The molecule has 1 fully saturated rings. The van der Waals surface area contributed by atoms with E-state index in [0.29, 0.717) is 23.9 Å². The van der Waals surface area contributed by atoms with Crippen molar-refractivity contribution in [3.63, 3.8) is 0 Å². The first-order valence-electron chi connectivity index (χ1n) is 6.87. The van der Waals surface area contributed by atoms with Crippen molar-refractivity contribution in [1.29, 1.82) is 0 Å². The van der Waals surface area contributed by atoms with Gasteiger partial charge in [0.25, 0.3) is 0 Å². The van der Waals surface area contributed by atoms with Gasteiger partial charge in [0.2, 0.25) is 5.91 Å². The standard InChI is InChI=1S/C15H17BrFNO3/c1-9(7-10-4-5-12(17)11(16)8-10)14(19)18-6-2-3-13(18)15(20)21/h4-5,8-9,13H,2-3,6-7H2,1H3,(H,20,21)/t9?,13-/m1/s1. The second kappa shape index (κ2) is 6.56. The Kier molecular flexibility index (Phi) is 4.98. The van der Waals surface area contributed by atoms with E-state index >= 15 is 0 Å². The van der Waals surface area contributed by atoms with Crippen LogP contribution in [0.5, 0.6) is 0 Å². The average Bonchev–Trinajstić information content (AvgIpc) is 2.91. The second-order valence-corrected chi connectivity index (χ2v) is 6.24. The molecule has 114 valence electrons. The molecule has 0 aromatic heterocycles. The van der Waals surface area contributed by atoms with E-state index in [1.165, 1.54) is 11.0 Å². The van der Waals surface area contributed by atoms with E-state index < -0.39 is 12.0 Å². The second-order valence-electron chi connectivity index (χ2n) is 5.38. The maximum absolute atomic E-state index is 13.2. The number of benzene rings is 1. The van der Waals surface area contributed by atoms with Gasteiger partial charge in [0.1, 0.15) is 11.9 Å². The molecule has 0 aliphatic carbocycles. The largest absolute Gasteiger partial charge is 0.480 e. The lowest BCUT2D eigenvalue weighted by atomic mass is 9.99. The van der Waals surface area contributed by atoms with Crippen molar-refractivity contribution in [1.82, 2.24) is 4.90 Å². The Morgan fingerprint density at radius 3 is 2.86 bits per heavy atom. The summed E-state index contributed by atoms with van der Waals surface area (Å²) in [5.74, 6) is -1.77. The van der Waals surface area contributed by atoms with Gasteiger partial charge in [0, 0.05) is 12.5 Å². The summed E-state index contributed by atoms with van der Waals surface area (Å²) in [6, 6.07) is 3.94. The van der Waals surface area contributed by atoms with Crippen molar-refractivity contribution in [2.45, 2.75) is 32.2 Å². The number of aliphatic carboxylic acids is 1. The molecule has 2 rings (SSSR count). The first kappa shape index (κ1) is 15.9. The van der Waals surface area contributed by atoms with E-state index in [4.69, 9.17) is 5.11 Å². The van der Waals surface area contributed by atoms with Crippen LogP contribution in [-0.2, 0) is 16.0 Å². The number of carboxylic acids is 1. The number of carbonyl (C=O) groups is 2. The molecule has 1 heterocycles. The Balaban J connectivity index is 2.05.